The normalized spacial score (nSPS) is 17.2. The number of carbonyl (C=O) groups excluding carboxylic acids is 1. The summed E-state index contributed by atoms with van der Waals surface area (Å²) in [6.45, 7) is 0.612. The van der Waals surface area contributed by atoms with Crippen molar-refractivity contribution in [3.63, 3.8) is 0 Å². The van der Waals surface area contributed by atoms with Crippen molar-refractivity contribution in [2.45, 2.75) is 24.8 Å². The van der Waals surface area contributed by atoms with Gasteiger partial charge in [-0.25, -0.2) is 0 Å². The molecule has 4 heterocycles. The number of furan rings is 1. The number of hydrogen-bond donors (Lipinski definition) is 1. The van der Waals surface area contributed by atoms with Gasteiger partial charge in [-0.05, 0) is 48.7 Å². The second kappa shape index (κ2) is 7.56. The predicted octanol–water partition coefficient (Wildman–Crippen LogP) is 2.72. The Balaban J connectivity index is 1.23. The molecule has 1 atom stereocenters. The van der Waals surface area contributed by atoms with Crippen molar-refractivity contribution >= 4 is 17.7 Å². The van der Waals surface area contributed by atoms with E-state index >= 15 is 0 Å². The van der Waals surface area contributed by atoms with Crippen LogP contribution in [-0.4, -0.2) is 32.2 Å². The van der Waals surface area contributed by atoms with Crippen molar-refractivity contribution in [3.05, 3.63) is 83.3 Å². The molecular formula is C24H20N6O2. The summed E-state index contributed by atoms with van der Waals surface area (Å²) in [5, 5.41) is 12.2. The third-order valence-electron chi connectivity index (χ3n) is 5.82. The molecule has 1 amide bonds. The van der Waals surface area contributed by atoms with Gasteiger partial charge in [0.05, 0.1) is 12.8 Å². The zero-order valence-corrected chi connectivity index (χ0v) is 17.2. The third-order valence-corrected chi connectivity index (χ3v) is 5.82. The average Bonchev–Trinajstić information content (AvgIpc) is 3.36. The van der Waals surface area contributed by atoms with Crippen LogP contribution in [0.2, 0.25) is 0 Å². The Labute approximate surface area is 183 Å². The van der Waals surface area contributed by atoms with E-state index in [-0.39, 0.29) is 11.8 Å². The molecule has 1 aromatic carbocycles. The molecular weight excluding hydrogens is 404 g/mol. The fourth-order valence-corrected chi connectivity index (χ4v) is 4.01. The van der Waals surface area contributed by atoms with Crippen LogP contribution in [0.25, 0.3) is 17.5 Å². The molecule has 2 aliphatic rings. The lowest BCUT2D eigenvalue weighted by molar-refractivity contribution is 0.102. The molecule has 1 aliphatic carbocycles. The highest BCUT2D eigenvalue weighted by Gasteiger charge is 2.26. The topological polar surface area (TPSA) is 98.2 Å². The molecule has 8 heteroatoms. The van der Waals surface area contributed by atoms with Gasteiger partial charge >= 0.3 is 0 Å². The van der Waals surface area contributed by atoms with Crippen LogP contribution < -0.4 is 16.1 Å². The van der Waals surface area contributed by atoms with Gasteiger partial charge in [-0.3, -0.25) is 14.8 Å². The van der Waals surface area contributed by atoms with E-state index in [2.05, 4.69) is 30.1 Å². The Kier molecular flexibility index (Phi) is 4.41. The highest BCUT2D eigenvalue weighted by molar-refractivity contribution is 6.03. The standard InChI is InChI=1S/C24H20N6O2/c31-24(21-11-15(6-8-25-21)17-12-22-20(26-13-17)7-9-32-22)28-18-3-1-2-16(10-18)23-29-27-14-30(23)19-4-5-19/h1-3,6-12,14,17,19H,4-5,13H2,(H,28,31). The minimum absolute atomic E-state index is 0.0420. The average molecular weight is 424 g/mol. The summed E-state index contributed by atoms with van der Waals surface area (Å²) in [4.78, 5) is 21.8. The zero-order valence-electron chi connectivity index (χ0n) is 17.2. The summed E-state index contributed by atoms with van der Waals surface area (Å²) in [6, 6.07) is 13.7. The maximum Gasteiger partial charge on any atom is 0.274 e. The molecule has 1 fully saturated rings. The summed E-state index contributed by atoms with van der Waals surface area (Å²) >= 11 is 0. The minimum atomic E-state index is -0.265. The lowest BCUT2D eigenvalue weighted by atomic mass is 9.97. The largest absolute Gasteiger partial charge is 0.463 e. The van der Waals surface area contributed by atoms with Gasteiger partial charge in [-0.1, -0.05) is 12.1 Å². The van der Waals surface area contributed by atoms with Gasteiger partial charge < -0.3 is 14.3 Å². The number of nitrogens with zero attached hydrogens (tertiary/aromatic N) is 5. The summed E-state index contributed by atoms with van der Waals surface area (Å²) in [6.07, 6.45) is 9.41. The first-order chi connectivity index (χ1) is 15.7. The molecule has 1 N–H and O–H groups in total. The van der Waals surface area contributed by atoms with E-state index in [0.29, 0.717) is 24.0 Å². The maximum absolute atomic E-state index is 12.9. The molecule has 0 radical (unpaired) electrons. The number of hydrogen-bond acceptors (Lipinski definition) is 6. The quantitative estimate of drug-likeness (QED) is 0.531. The minimum Gasteiger partial charge on any atom is -0.463 e. The second-order valence-corrected chi connectivity index (χ2v) is 8.09. The summed E-state index contributed by atoms with van der Waals surface area (Å²) in [7, 11) is 0. The molecule has 1 unspecified atom stereocenters. The van der Waals surface area contributed by atoms with E-state index in [1.54, 1.807) is 18.8 Å². The molecule has 6 rings (SSSR count). The van der Waals surface area contributed by atoms with Gasteiger partial charge in [0, 0.05) is 35.5 Å². The first-order valence-electron chi connectivity index (χ1n) is 10.6. The summed E-state index contributed by atoms with van der Waals surface area (Å²) in [5.41, 5.74) is 3.70. The number of fused-ring (bicyclic) bond motifs is 1. The van der Waals surface area contributed by atoms with Crippen molar-refractivity contribution in [2.75, 3.05) is 11.9 Å². The third kappa shape index (κ3) is 3.49. The Bertz CT molecular complexity index is 1430. The van der Waals surface area contributed by atoms with Gasteiger partial charge in [-0.2, -0.15) is 0 Å². The van der Waals surface area contributed by atoms with Crippen LogP contribution in [-0.2, 0) is 0 Å². The number of aromatic nitrogens is 4. The molecule has 0 spiro atoms. The Morgan fingerprint density at radius 2 is 2.09 bits per heavy atom. The van der Waals surface area contributed by atoms with Crippen LogP contribution >= 0.6 is 0 Å². The Morgan fingerprint density at radius 3 is 3.00 bits per heavy atom. The van der Waals surface area contributed by atoms with E-state index < -0.39 is 0 Å². The molecule has 4 aromatic rings. The first-order valence-corrected chi connectivity index (χ1v) is 10.6. The van der Waals surface area contributed by atoms with Crippen LogP contribution in [0.5, 0.6) is 0 Å². The van der Waals surface area contributed by atoms with Gasteiger partial charge in [0.2, 0.25) is 0 Å². The molecule has 0 bridgehead atoms. The van der Waals surface area contributed by atoms with Gasteiger partial charge in [0.25, 0.3) is 5.91 Å². The van der Waals surface area contributed by atoms with Crippen LogP contribution in [0.1, 0.15) is 40.9 Å². The van der Waals surface area contributed by atoms with Gasteiger partial charge in [-0.15, -0.1) is 10.2 Å². The fraction of sp³-hybridized carbons (Fsp3) is 0.208. The van der Waals surface area contributed by atoms with Crippen molar-refractivity contribution in [3.8, 4) is 11.4 Å². The van der Waals surface area contributed by atoms with Crippen molar-refractivity contribution in [2.24, 2.45) is 4.99 Å². The number of pyridine rings is 1. The van der Waals surface area contributed by atoms with E-state index in [0.717, 1.165) is 40.6 Å². The van der Waals surface area contributed by atoms with E-state index in [9.17, 15) is 4.79 Å². The Hall–Kier alpha value is -4.07. The lowest BCUT2D eigenvalue weighted by Gasteiger charge is -2.13. The van der Waals surface area contributed by atoms with E-state index in [4.69, 9.17) is 4.42 Å². The fourth-order valence-electron chi connectivity index (χ4n) is 4.01. The maximum atomic E-state index is 12.9. The van der Waals surface area contributed by atoms with Crippen LogP contribution in [0, 0.1) is 0 Å². The lowest BCUT2D eigenvalue weighted by Crippen LogP contribution is -2.27. The van der Waals surface area contributed by atoms with Crippen molar-refractivity contribution < 1.29 is 9.21 Å². The SMILES string of the molecule is O=C(Nc1cccc(-c2nncn2C2CC2)c1)c1cc(C2C=c3occc3=NC2)ccn1. The molecule has 3 aromatic heterocycles. The van der Waals surface area contributed by atoms with Gasteiger partial charge in [0.15, 0.2) is 5.82 Å². The highest BCUT2D eigenvalue weighted by atomic mass is 16.3. The van der Waals surface area contributed by atoms with Gasteiger partial charge in [0.1, 0.15) is 22.8 Å². The first kappa shape index (κ1) is 18.7. The predicted molar refractivity (Wildman–Crippen MR) is 117 cm³/mol. The monoisotopic (exact) mass is 424 g/mol. The molecule has 8 nitrogen and oxygen atoms in total. The number of benzene rings is 1. The summed E-state index contributed by atoms with van der Waals surface area (Å²) in [5.74, 6) is 0.594. The molecule has 32 heavy (non-hydrogen) atoms. The smallest absolute Gasteiger partial charge is 0.274 e. The Morgan fingerprint density at radius 1 is 1.16 bits per heavy atom. The zero-order chi connectivity index (χ0) is 21.5. The number of anilines is 1. The van der Waals surface area contributed by atoms with Crippen LogP contribution in [0.15, 0.2) is 70.7 Å². The molecule has 1 saturated carbocycles. The van der Waals surface area contributed by atoms with Crippen molar-refractivity contribution in [1.82, 2.24) is 19.7 Å². The highest BCUT2D eigenvalue weighted by Crippen LogP contribution is 2.37. The van der Waals surface area contributed by atoms with Crippen LogP contribution in [0.3, 0.4) is 0 Å². The van der Waals surface area contributed by atoms with E-state index in [1.807, 2.05) is 48.5 Å². The molecule has 0 saturated heterocycles. The van der Waals surface area contributed by atoms with Crippen molar-refractivity contribution in [1.29, 1.82) is 0 Å². The number of amides is 1. The van der Waals surface area contributed by atoms with E-state index in [1.165, 1.54) is 0 Å². The number of nitrogens with one attached hydrogen (secondary N) is 1. The number of carbonyl (C=O) groups is 1. The molecule has 1 aliphatic heterocycles. The number of rotatable bonds is 5. The molecule has 158 valence electrons. The summed E-state index contributed by atoms with van der Waals surface area (Å²) < 4.78 is 7.58. The second-order valence-electron chi connectivity index (χ2n) is 8.09. The van der Waals surface area contributed by atoms with Crippen LogP contribution in [0.4, 0.5) is 5.69 Å².